The van der Waals surface area contributed by atoms with Crippen molar-refractivity contribution in [3.05, 3.63) is 54.1 Å². The first kappa shape index (κ1) is 17.3. The van der Waals surface area contributed by atoms with Crippen molar-refractivity contribution >= 4 is 17.8 Å². The maximum absolute atomic E-state index is 12.1. The lowest BCUT2D eigenvalue weighted by atomic mass is 10.2. The number of carbonyl (C=O) groups is 1. The summed E-state index contributed by atoms with van der Waals surface area (Å²) in [6.45, 7) is 1.75. The van der Waals surface area contributed by atoms with Crippen molar-refractivity contribution in [2.75, 3.05) is 19.5 Å². The number of nitrogens with one attached hydrogen (secondary N) is 2. The lowest BCUT2D eigenvalue weighted by Gasteiger charge is -2.15. The van der Waals surface area contributed by atoms with Gasteiger partial charge in [-0.1, -0.05) is 24.3 Å². The fourth-order valence-electron chi connectivity index (χ4n) is 2.10. The Kier molecular flexibility index (Phi) is 6.19. The van der Waals surface area contributed by atoms with Crippen LogP contribution in [0.5, 0.6) is 11.5 Å². The van der Waals surface area contributed by atoms with E-state index in [0.29, 0.717) is 11.5 Å². The smallest absolute Gasteiger partial charge is 0.262 e. The molecule has 0 aliphatic rings. The van der Waals surface area contributed by atoms with Gasteiger partial charge in [0.15, 0.2) is 0 Å². The third-order valence-electron chi connectivity index (χ3n) is 3.39. The second kappa shape index (κ2) is 8.57. The quantitative estimate of drug-likeness (QED) is 0.606. The van der Waals surface area contributed by atoms with Gasteiger partial charge in [-0.05, 0) is 31.2 Å². The largest absolute Gasteiger partial charge is 0.496 e. The minimum absolute atomic E-state index is 0.257. The Morgan fingerprint density at radius 3 is 2.38 bits per heavy atom. The number of hydrogen-bond acceptors (Lipinski definition) is 5. The molecule has 24 heavy (non-hydrogen) atoms. The molecule has 0 aliphatic carbocycles. The van der Waals surface area contributed by atoms with Crippen molar-refractivity contribution < 1.29 is 14.3 Å². The molecule has 0 radical (unpaired) electrons. The van der Waals surface area contributed by atoms with Gasteiger partial charge in [0, 0.05) is 5.56 Å². The monoisotopic (exact) mass is 327 g/mol. The van der Waals surface area contributed by atoms with E-state index in [2.05, 4.69) is 15.8 Å². The van der Waals surface area contributed by atoms with Crippen LogP contribution >= 0.6 is 0 Å². The highest BCUT2D eigenvalue weighted by Gasteiger charge is 2.13. The highest BCUT2D eigenvalue weighted by atomic mass is 16.5. The van der Waals surface area contributed by atoms with Crippen molar-refractivity contribution in [1.82, 2.24) is 5.43 Å². The molecule has 0 saturated heterocycles. The molecular weight excluding hydrogens is 306 g/mol. The zero-order chi connectivity index (χ0) is 17.4. The fourth-order valence-corrected chi connectivity index (χ4v) is 2.10. The summed E-state index contributed by atoms with van der Waals surface area (Å²) in [6, 6.07) is 14.4. The molecule has 6 heteroatoms. The molecule has 0 fully saturated rings. The SMILES string of the molecule is COc1ccccc1/C=N\NC(=O)[C@@H](C)Nc1ccccc1OC. The van der Waals surface area contributed by atoms with E-state index in [9.17, 15) is 4.79 Å². The molecular formula is C18H21N3O3. The van der Waals surface area contributed by atoms with Gasteiger partial charge >= 0.3 is 0 Å². The molecule has 2 aromatic rings. The number of ether oxygens (including phenoxy) is 2. The number of hydrogen-bond donors (Lipinski definition) is 2. The third-order valence-corrected chi connectivity index (χ3v) is 3.39. The standard InChI is InChI=1S/C18H21N3O3/c1-13(20-15-9-5-7-11-17(15)24-3)18(22)21-19-12-14-8-4-6-10-16(14)23-2/h4-13,20H,1-3H3,(H,21,22)/b19-12-/t13-/m1/s1. The summed E-state index contributed by atoms with van der Waals surface area (Å²) in [5, 5.41) is 7.08. The van der Waals surface area contributed by atoms with Crippen LogP contribution in [0.2, 0.25) is 0 Å². The molecule has 2 rings (SSSR count). The number of methoxy groups -OCH3 is 2. The first-order valence-electron chi connectivity index (χ1n) is 7.51. The van der Waals surface area contributed by atoms with Gasteiger partial charge in [0.2, 0.25) is 0 Å². The fraction of sp³-hybridized carbons (Fsp3) is 0.222. The van der Waals surface area contributed by atoms with E-state index in [4.69, 9.17) is 9.47 Å². The van der Waals surface area contributed by atoms with Gasteiger partial charge < -0.3 is 14.8 Å². The van der Waals surface area contributed by atoms with Crippen LogP contribution in [0.4, 0.5) is 5.69 Å². The maximum atomic E-state index is 12.1. The minimum Gasteiger partial charge on any atom is -0.496 e. The van der Waals surface area contributed by atoms with Crippen LogP contribution in [0.3, 0.4) is 0 Å². The zero-order valence-corrected chi connectivity index (χ0v) is 13.9. The molecule has 1 atom stereocenters. The normalized spacial score (nSPS) is 11.8. The summed E-state index contributed by atoms with van der Waals surface area (Å²) in [5.41, 5.74) is 4.04. The number of nitrogens with zero attached hydrogens (tertiary/aromatic N) is 1. The summed E-state index contributed by atoms with van der Waals surface area (Å²) in [4.78, 5) is 12.1. The summed E-state index contributed by atoms with van der Waals surface area (Å²) in [5.74, 6) is 1.11. The van der Waals surface area contributed by atoms with Crippen molar-refractivity contribution in [1.29, 1.82) is 0 Å². The van der Waals surface area contributed by atoms with Gasteiger partial charge in [0.05, 0.1) is 26.1 Å². The average molecular weight is 327 g/mol. The van der Waals surface area contributed by atoms with Gasteiger partial charge in [0.1, 0.15) is 17.5 Å². The van der Waals surface area contributed by atoms with Crippen LogP contribution in [-0.4, -0.2) is 32.4 Å². The molecule has 6 nitrogen and oxygen atoms in total. The van der Waals surface area contributed by atoms with Crippen LogP contribution in [0.15, 0.2) is 53.6 Å². The van der Waals surface area contributed by atoms with Crippen LogP contribution in [0.25, 0.3) is 0 Å². The number of amides is 1. The highest BCUT2D eigenvalue weighted by Crippen LogP contribution is 2.23. The zero-order valence-electron chi connectivity index (χ0n) is 13.9. The first-order valence-corrected chi connectivity index (χ1v) is 7.51. The first-order chi connectivity index (χ1) is 11.7. The summed E-state index contributed by atoms with van der Waals surface area (Å²) < 4.78 is 10.5. The second-order valence-corrected chi connectivity index (χ2v) is 5.04. The molecule has 2 aromatic carbocycles. The number of anilines is 1. The number of carbonyl (C=O) groups excluding carboxylic acids is 1. The predicted molar refractivity (Wildman–Crippen MR) is 94.8 cm³/mol. The van der Waals surface area contributed by atoms with E-state index >= 15 is 0 Å². The van der Waals surface area contributed by atoms with Crippen molar-refractivity contribution in [3.63, 3.8) is 0 Å². The number of hydrazone groups is 1. The molecule has 126 valence electrons. The van der Waals surface area contributed by atoms with Gasteiger partial charge in [-0.25, -0.2) is 5.43 Å². The molecule has 2 N–H and O–H groups in total. The lowest BCUT2D eigenvalue weighted by molar-refractivity contribution is -0.121. The van der Waals surface area contributed by atoms with Crippen molar-refractivity contribution in [3.8, 4) is 11.5 Å². The van der Waals surface area contributed by atoms with Crippen molar-refractivity contribution in [2.45, 2.75) is 13.0 Å². The molecule has 1 amide bonds. The van der Waals surface area contributed by atoms with Gasteiger partial charge in [-0.15, -0.1) is 0 Å². The Balaban J connectivity index is 1.95. The molecule has 0 spiro atoms. The molecule has 0 saturated carbocycles. The Hall–Kier alpha value is -3.02. The third kappa shape index (κ3) is 4.49. The second-order valence-electron chi connectivity index (χ2n) is 5.04. The van der Waals surface area contributed by atoms with E-state index < -0.39 is 6.04 Å². The van der Waals surface area contributed by atoms with E-state index in [1.165, 1.54) is 0 Å². The van der Waals surface area contributed by atoms with E-state index in [1.807, 2.05) is 48.5 Å². The van der Waals surface area contributed by atoms with Crippen LogP contribution in [0, 0.1) is 0 Å². The van der Waals surface area contributed by atoms with Gasteiger partial charge in [0.25, 0.3) is 5.91 Å². The molecule has 0 heterocycles. The number of benzene rings is 2. The Bertz CT molecular complexity index is 716. The van der Waals surface area contributed by atoms with Crippen molar-refractivity contribution in [2.24, 2.45) is 5.10 Å². The number of para-hydroxylation sites is 3. The molecule has 0 aromatic heterocycles. The predicted octanol–water partition coefficient (Wildman–Crippen LogP) is 2.65. The van der Waals surface area contributed by atoms with Gasteiger partial charge in [-0.2, -0.15) is 5.10 Å². The van der Waals surface area contributed by atoms with E-state index in [0.717, 1.165) is 11.3 Å². The van der Waals surface area contributed by atoms with E-state index in [1.54, 1.807) is 27.4 Å². The molecule has 0 unspecified atom stereocenters. The Morgan fingerprint density at radius 1 is 1.04 bits per heavy atom. The average Bonchev–Trinajstić information content (AvgIpc) is 2.62. The topological polar surface area (TPSA) is 72.0 Å². The maximum Gasteiger partial charge on any atom is 0.262 e. The molecule has 0 bridgehead atoms. The van der Waals surface area contributed by atoms with Crippen LogP contribution in [-0.2, 0) is 4.79 Å². The minimum atomic E-state index is -0.476. The van der Waals surface area contributed by atoms with Gasteiger partial charge in [-0.3, -0.25) is 4.79 Å². The summed E-state index contributed by atoms with van der Waals surface area (Å²) >= 11 is 0. The summed E-state index contributed by atoms with van der Waals surface area (Å²) in [7, 11) is 3.17. The number of rotatable bonds is 7. The van der Waals surface area contributed by atoms with E-state index in [-0.39, 0.29) is 5.91 Å². The molecule has 0 aliphatic heterocycles. The van der Waals surface area contributed by atoms with Crippen LogP contribution < -0.4 is 20.2 Å². The van der Waals surface area contributed by atoms with Crippen LogP contribution in [0.1, 0.15) is 12.5 Å². The highest BCUT2D eigenvalue weighted by molar-refractivity contribution is 5.88. The Morgan fingerprint density at radius 2 is 1.67 bits per heavy atom. The Labute approximate surface area is 141 Å². The summed E-state index contributed by atoms with van der Waals surface area (Å²) in [6.07, 6.45) is 1.55. The lowest BCUT2D eigenvalue weighted by Crippen LogP contribution is -2.35.